The van der Waals surface area contributed by atoms with Gasteiger partial charge in [-0.2, -0.15) is 0 Å². The summed E-state index contributed by atoms with van der Waals surface area (Å²) in [6, 6.07) is 0. The zero-order valence-electron chi connectivity index (χ0n) is 22.1. The molecule has 9 unspecified atom stereocenters. The lowest BCUT2D eigenvalue weighted by atomic mass is 9.44. The molecule has 3 aliphatic carbocycles. The van der Waals surface area contributed by atoms with Crippen LogP contribution in [0.25, 0.3) is 0 Å². The van der Waals surface area contributed by atoms with Crippen molar-refractivity contribution in [1.82, 2.24) is 0 Å². The van der Waals surface area contributed by atoms with E-state index in [0.717, 1.165) is 11.1 Å². The van der Waals surface area contributed by atoms with Crippen LogP contribution in [0.15, 0.2) is 11.1 Å². The molecule has 8 nitrogen and oxygen atoms in total. The molecule has 0 spiro atoms. The summed E-state index contributed by atoms with van der Waals surface area (Å²) < 4.78 is 36.8. The van der Waals surface area contributed by atoms with E-state index in [1.54, 1.807) is 35.5 Å². The third-order valence-electron chi connectivity index (χ3n) is 9.79. The average Bonchev–Trinajstić information content (AvgIpc) is 2.83. The predicted molar refractivity (Wildman–Crippen MR) is 148 cm³/mol. The maximum absolute atomic E-state index is 14.6. The summed E-state index contributed by atoms with van der Waals surface area (Å²) in [5.74, 6) is -0.555. The first-order chi connectivity index (χ1) is 16.5. The van der Waals surface area contributed by atoms with Gasteiger partial charge in [-0.15, -0.1) is 0 Å². The van der Waals surface area contributed by atoms with Gasteiger partial charge in [0.1, 0.15) is 17.3 Å². The third kappa shape index (κ3) is 3.78. The number of hydrogen-bond donors (Lipinski definition) is 1. The van der Waals surface area contributed by atoms with Gasteiger partial charge in [0.15, 0.2) is 5.78 Å². The van der Waals surface area contributed by atoms with E-state index < -0.39 is 52.4 Å². The highest BCUT2D eigenvalue weighted by molar-refractivity contribution is 15.0. The van der Waals surface area contributed by atoms with Gasteiger partial charge in [0.25, 0.3) is 0 Å². The lowest BCUT2D eigenvalue weighted by Crippen LogP contribution is -2.81. The monoisotopic (exact) mass is 722 g/mol. The van der Waals surface area contributed by atoms with Gasteiger partial charge >= 0.3 is 0 Å². The molecule has 4 aliphatic rings. The Morgan fingerprint density at radius 3 is 2.06 bits per heavy atom. The van der Waals surface area contributed by atoms with Crippen LogP contribution in [0.1, 0.15) is 40.5 Å². The van der Waals surface area contributed by atoms with E-state index in [4.69, 9.17) is 28.4 Å². The molecule has 1 N–H and O–H groups in total. The number of Topliss-reactive ketones (excluding diaryl/α,β-unsaturated/α-hetero) is 1. The normalized spacial score (nSPS) is 46.3. The number of methoxy groups -OCH3 is 5. The van der Waals surface area contributed by atoms with E-state index in [1.165, 1.54) is 0 Å². The van der Waals surface area contributed by atoms with Gasteiger partial charge in [-0.3, -0.25) is 4.79 Å². The number of hydrogen-bond acceptors (Lipinski definition) is 8. The van der Waals surface area contributed by atoms with E-state index >= 15 is 0 Å². The lowest BCUT2D eigenvalue weighted by Gasteiger charge is -2.69. The fraction of sp³-hybridized carbons (Fsp3) is 0.880. The Morgan fingerprint density at radius 1 is 1.00 bits per heavy atom. The second-order valence-electron chi connectivity index (χ2n) is 10.9. The minimum Gasteiger partial charge on any atom is -0.389 e. The fourth-order valence-corrected chi connectivity index (χ4v) is 7.90. The maximum atomic E-state index is 14.6. The Bertz CT molecular complexity index is 845. The zero-order chi connectivity index (χ0) is 26.6. The molecule has 2 saturated carbocycles. The summed E-state index contributed by atoms with van der Waals surface area (Å²) in [7, 11) is 8.16. The minimum atomic E-state index is -1.01. The molecule has 9 atom stereocenters. The number of rotatable bonds is 5. The molecule has 202 valence electrons. The largest absolute Gasteiger partial charge is 0.389 e. The molecular weight excluding hydrogens is 682 g/mol. The van der Waals surface area contributed by atoms with Crippen LogP contribution in [0.2, 0.25) is 0 Å². The van der Waals surface area contributed by atoms with Crippen molar-refractivity contribution in [3.05, 3.63) is 11.1 Å². The molecule has 1 saturated heterocycles. The van der Waals surface area contributed by atoms with Crippen LogP contribution in [-0.2, 0) is 33.2 Å². The summed E-state index contributed by atoms with van der Waals surface area (Å²) >= 11 is 4.24. The molecule has 1 aliphatic heterocycles. The van der Waals surface area contributed by atoms with Crippen LogP contribution in [0.4, 0.5) is 0 Å². The molecule has 4 rings (SSSR count). The summed E-state index contributed by atoms with van der Waals surface area (Å²) in [6.07, 6.45) is -2.07. The molecule has 35 heavy (non-hydrogen) atoms. The van der Waals surface area contributed by atoms with Crippen molar-refractivity contribution in [3.63, 3.8) is 0 Å². The minimum absolute atomic E-state index is 0.0908. The Balaban J connectivity index is 0.00000167. The number of aliphatic hydroxyl groups is 1. The van der Waals surface area contributed by atoms with Gasteiger partial charge in [-0.1, -0.05) is 13.8 Å². The van der Waals surface area contributed by atoms with Crippen LogP contribution in [0, 0.1) is 16.7 Å². The maximum Gasteiger partial charge on any atom is 0.174 e. The molecule has 2 bridgehead atoms. The van der Waals surface area contributed by atoms with Gasteiger partial charge in [0.2, 0.25) is 0 Å². The van der Waals surface area contributed by atoms with Gasteiger partial charge in [-0.05, 0) is 25.0 Å². The van der Waals surface area contributed by atoms with E-state index in [9.17, 15) is 9.90 Å². The number of aliphatic hydroxyl groups excluding tert-OH is 1. The topological polar surface area (TPSA) is 92.7 Å². The van der Waals surface area contributed by atoms with Gasteiger partial charge in [0.05, 0.1) is 36.4 Å². The number of carbonyl (C=O) groups is 1. The first-order valence-corrected chi connectivity index (χ1v) is 18.1. The SMILES string of the molecule is COC1C(=O)C2(C)C(OC)CC3OCC3(OC)C2C(OC)C2(OC)CC(O)C(C)=C1C2(C)C.II. The van der Waals surface area contributed by atoms with Crippen molar-refractivity contribution in [1.29, 1.82) is 0 Å². The standard InChI is InChI=1S/C25H40O8.I2/c1-13-14(26)11-25(32-9)21(30-7)19-23(4,20(27)18(29-6)17(13)22(25,2)3)15(28-5)10-16-24(19,31-8)12-33-16;1-2/h14-16,18-19,21,26H,10-12H2,1-9H3;. The number of ether oxygens (including phenoxy) is 6. The summed E-state index contributed by atoms with van der Waals surface area (Å²) in [6.45, 7) is 8.29. The molecule has 3 fully saturated rings. The zero-order valence-corrected chi connectivity index (χ0v) is 26.5. The molecular formula is C25H40I2O8. The molecule has 0 aromatic heterocycles. The predicted octanol–water partition coefficient (Wildman–Crippen LogP) is 3.69. The summed E-state index contributed by atoms with van der Waals surface area (Å²) in [4.78, 5) is 14.6. The van der Waals surface area contributed by atoms with E-state index in [0.29, 0.717) is 19.4 Å². The van der Waals surface area contributed by atoms with Crippen LogP contribution < -0.4 is 0 Å². The smallest absolute Gasteiger partial charge is 0.174 e. The average molecular weight is 722 g/mol. The van der Waals surface area contributed by atoms with Gasteiger partial charge in [-0.25, -0.2) is 0 Å². The van der Waals surface area contributed by atoms with Crippen molar-refractivity contribution in [2.24, 2.45) is 16.7 Å². The number of carbonyl (C=O) groups excluding carboxylic acids is 1. The van der Waals surface area contributed by atoms with Crippen LogP contribution >= 0.6 is 37.2 Å². The van der Waals surface area contributed by atoms with E-state index in [2.05, 4.69) is 51.1 Å². The highest BCUT2D eigenvalue weighted by Gasteiger charge is 2.76. The van der Waals surface area contributed by atoms with Crippen molar-refractivity contribution < 1.29 is 38.3 Å². The molecule has 1 heterocycles. The first kappa shape index (κ1) is 30.1. The van der Waals surface area contributed by atoms with Crippen molar-refractivity contribution >= 4 is 43.0 Å². The quantitative estimate of drug-likeness (QED) is 0.340. The second kappa shape index (κ2) is 10.6. The molecule has 0 aromatic rings. The first-order valence-electron chi connectivity index (χ1n) is 11.9. The molecule has 0 amide bonds. The molecule has 0 radical (unpaired) electrons. The number of ketones is 1. The van der Waals surface area contributed by atoms with Crippen molar-refractivity contribution in [2.75, 3.05) is 42.2 Å². The van der Waals surface area contributed by atoms with Gasteiger partial charge < -0.3 is 33.5 Å². The fourth-order valence-electron chi connectivity index (χ4n) is 7.90. The summed E-state index contributed by atoms with van der Waals surface area (Å²) in [5, 5.41) is 11.2. The number of fused-ring (bicyclic) bond motifs is 5. The van der Waals surface area contributed by atoms with E-state index in [-0.39, 0.29) is 11.9 Å². The summed E-state index contributed by atoms with van der Waals surface area (Å²) in [5.41, 5.74) is -1.90. The Morgan fingerprint density at radius 2 is 1.63 bits per heavy atom. The van der Waals surface area contributed by atoms with E-state index in [1.807, 2.05) is 13.8 Å². The lowest BCUT2D eigenvalue weighted by molar-refractivity contribution is -0.356. The van der Waals surface area contributed by atoms with Crippen LogP contribution in [0.3, 0.4) is 0 Å². The second-order valence-corrected chi connectivity index (χ2v) is 10.9. The third-order valence-corrected chi connectivity index (χ3v) is 9.79. The highest BCUT2D eigenvalue weighted by atomic mass is 128. The number of halogens is 2. The van der Waals surface area contributed by atoms with Crippen LogP contribution in [0.5, 0.6) is 0 Å². The molecule has 0 aromatic carbocycles. The molecule has 10 heteroatoms. The Labute approximate surface area is 232 Å². The van der Waals surface area contributed by atoms with Gasteiger partial charge in [0, 0.05) is 97.0 Å². The highest BCUT2D eigenvalue weighted by Crippen LogP contribution is 2.64. The Kier molecular flexibility index (Phi) is 9.15. The van der Waals surface area contributed by atoms with Crippen molar-refractivity contribution in [2.45, 2.75) is 82.3 Å². The Hall–Kier alpha value is 0.590. The van der Waals surface area contributed by atoms with Crippen molar-refractivity contribution in [3.8, 4) is 0 Å². The van der Waals surface area contributed by atoms with Crippen LogP contribution in [-0.4, -0.2) is 94.8 Å².